The highest BCUT2D eigenvalue weighted by Crippen LogP contribution is 2.76. The van der Waals surface area contributed by atoms with Gasteiger partial charge in [-0.1, -0.05) is 67.0 Å². The molecule has 1 saturated heterocycles. The number of aliphatic carboxylic acids is 1. The average Bonchev–Trinajstić information content (AvgIpc) is 3.51. The van der Waals surface area contributed by atoms with Gasteiger partial charge in [-0.05, 0) is 108 Å². The lowest BCUT2D eigenvalue weighted by atomic mass is 9.34. The van der Waals surface area contributed by atoms with Gasteiger partial charge in [-0.2, -0.15) is 5.26 Å². The molecule has 8 unspecified atom stereocenters. The number of carboxylic acids is 1. The van der Waals surface area contributed by atoms with Gasteiger partial charge in [0.25, 0.3) is 0 Å². The van der Waals surface area contributed by atoms with Crippen LogP contribution in [0.1, 0.15) is 105 Å². The maximum atomic E-state index is 13.7. The van der Waals surface area contributed by atoms with Crippen molar-refractivity contribution in [2.24, 2.45) is 56.7 Å². The first-order valence-electron chi connectivity index (χ1n) is 17.7. The summed E-state index contributed by atoms with van der Waals surface area (Å²) in [4.78, 5) is 18.5. The van der Waals surface area contributed by atoms with Gasteiger partial charge in [0.1, 0.15) is 6.33 Å². The summed E-state index contributed by atoms with van der Waals surface area (Å²) in [5.74, 6) is 0.928. The van der Waals surface area contributed by atoms with Crippen molar-refractivity contribution in [3.63, 3.8) is 0 Å². The Balaban J connectivity index is 1.46. The molecule has 0 spiro atoms. The fraction of sp³-hybridized carbons (Fsp3) is 0.692. The molecule has 1 N–H and O–H groups in total. The van der Waals surface area contributed by atoms with Crippen LogP contribution in [0.25, 0.3) is 17.1 Å². The minimum Gasteiger partial charge on any atom is -0.481 e. The molecule has 7 heteroatoms. The van der Waals surface area contributed by atoms with Crippen molar-refractivity contribution in [2.75, 3.05) is 13.2 Å². The van der Waals surface area contributed by atoms with E-state index in [1.807, 2.05) is 29.2 Å². The molecule has 1 aromatic carbocycles. The number of fused-ring (bicyclic) bond motifs is 3. The minimum absolute atomic E-state index is 0.0641. The van der Waals surface area contributed by atoms with Crippen molar-refractivity contribution in [3.05, 3.63) is 41.7 Å². The van der Waals surface area contributed by atoms with E-state index in [0.29, 0.717) is 29.6 Å². The van der Waals surface area contributed by atoms with Crippen LogP contribution in [0.3, 0.4) is 0 Å². The van der Waals surface area contributed by atoms with E-state index in [4.69, 9.17) is 14.8 Å². The summed E-state index contributed by atoms with van der Waals surface area (Å²) in [5, 5.41) is 25.9. The molecule has 1 aromatic heterocycles. The van der Waals surface area contributed by atoms with Gasteiger partial charge in [0.15, 0.2) is 5.82 Å². The molecule has 9 atom stereocenters. The number of carbonyl (C=O) groups is 1. The van der Waals surface area contributed by atoms with E-state index in [-0.39, 0.29) is 33.5 Å². The summed E-state index contributed by atoms with van der Waals surface area (Å²) >= 11 is 0. The Morgan fingerprint density at radius 1 is 1.07 bits per heavy atom. The van der Waals surface area contributed by atoms with Gasteiger partial charge < -0.3 is 9.84 Å². The van der Waals surface area contributed by atoms with Gasteiger partial charge in [-0.25, -0.2) is 9.67 Å². The highest BCUT2D eigenvalue weighted by Gasteiger charge is 2.71. The number of allylic oxidation sites excluding steroid dienone is 1. The average molecular weight is 625 g/mol. The molecule has 2 heterocycles. The van der Waals surface area contributed by atoms with E-state index >= 15 is 0 Å². The van der Waals surface area contributed by atoms with Crippen LogP contribution in [-0.2, 0) is 9.53 Å². The second-order valence-electron chi connectivity index (χ2n) is 17.2. The molecular formula is C39H52N4O3. The van der Waals surface area contributed by atoms with E-state index in [9.17, 15) is 15.2 Å². The number of nitrogens with zero attached hydrogens (tertiary/aromatic N) is 4. The maximum absolute atomic E-state index is 13.7. The van der Waals surface area contributed by atoms with Crippen LogP contribution in [0.15, 0.2) is 36.2 Å². The number of hydrogen-bond donors (Lipinski definition) is 1. The maximum Gasteiger partial charge on any atom is 0.307 e. The van der Waals surface area contributed by atoms with Crippen LogP contribution in [-0.4, -0.2) is 39.1 Å². The highest BCUT2D eigenvalue weighted by atomic mass is 16.5. The molecule has 2 bridgehead atoms. The first kappa shape index (κ1) is 31.6. The fourth-order valence-corrected chi connectivity index (χ4v) is 12.2. The largest absolute Gasteiger partial charge is 0.481 e. The molecule has 7 rings (SSSR count). The van der Waals surface area contributed by atoms with Crippen LogP contribution in [0.2, 0.25) is 0 Å². The number of ether oxygens (including phenoxy) is 1. The minimum atomic E-state index is -0.656. The summed E-state index contributed by atoms with van der Waals surface area (Å²) in [7, 11) is 0. The Bertz CT molecular complexity index is 1620. The zero-order chi connectivity index (χ0) is 32.9. The topological polar surface area (TPSA) is 101 Å². The molecule has 1 aliphatic heterocycles. The number of benzene rings is 1. The van der Waals surface area contributed by atoms with E-state index in [2.05, 4.69) is 54.5 Å². The third-order valence-electron chi connectivity index (χ3n) is 15.0. The lowest BCUT2D eigenvalue weighted by Gasteiger charge is -2.70. The predicted octanol–water partition coefficient (Wildman–Crippen LogP) is 8.47. The number of nitriles is 1. The predicted molar refractivity (Wildman–Crippen MR) is 178 cm³/mol. The van der Waals surface area contributed by atoms with Crippen LogP contribution in [0.4, 0.5) is 0 Å². The summed E-state index contributed by atoms with van der Waals surface area (Å²) in [6, 6.07) is 9.72. The van der Waals surface area contributed by atoms with E-state index in [1.165, 1.54) is 24.8 Å². The Morgan fingerprint density at radius 2 is 1.85 bits per heavy atom. The molecule has 4 fully saturated rings. The SMILES string of the molecule is CC(C)[C@@H](C)C1(C)CCC2(C)C3CCC4C5(C)CCCC4(COC5)C3=C(n3cnc(-c4cccc(C#N)c4)n3)CC2(C)C1C(=O)O. The van der Waals surface area contributed by atoms with Crippen molar-refractivity contribution in [1.82, 2.24) is 14.8 Å². The van der Waals surface area contributed by atoms with Crippen LogP contribution < -0.4 is 0 Å². The summed E-state index contributed by atoms with van der Waals surface area (Å²) in [6.45, 7) is 17.8. The van der Waals surface area contributed by atoms with Gasteiger partial charge in [-0.3, -0.25) is 4.79 Å². The molecule has 4 aliphatic carbocycles. The Kier molecular flexibility index (Phi) is 7.22. The van der Waals surface area contributed by atoms with Crippen molar-refractivity contribution in [2.45, 2.75) is 99.8 Å². The molecule has 3 saturated carbocycles. The number of rotatable bonds is 5. The van der Waals surface area contributed by atoms with Gasteiger partial charge in [-0.15, -0.1) is 5.10 Å². The second kappa shape index (κ2) is 10.5. The van der Waals surface area contributed by atoms with Crippen molar-refractivity contribution in [3.8, 4) is 17.5 Å². The zero-order valence-electron chi connectivity index (χ0n) is 28.9. The molecule has 5 aliphatic rings. The molecule has 2 aromatic rings. The molecule has 246 valence electrons. The van der Waals surface area contributed by atoms with Crippen molar-refractivity contribution >= 4 is 11.7 Å². The quantitative estimate of drug-likeness (QED) is 0.358. The highest BCUT2D eigenvalue weighted by molar-refractivity contribution is 5.74. The summed E-state index contributed by atoms with van der Waals surface area (Å²) in [5.41, 5.74) is 3.18. The molecular weight excluding hydrogens is 572 g/mol. The van der Waals surface area contributed by atoms with Gasteiger partial charge in [0.2, 0.25) is 0 Å². The Labute approximate surface area is 274 Å². The van der Waals surface area contributed by atoms with E-state index < -0.39 is 17.3 Å². The van der Waals surface area contributed by atoms with Crippen LogP contribution >= 0.6 is 0 Å². The van der Waals surface area contributed by atoms with Crippen LogP contribution in [0, 0.1) is 68.0 Å². The first-order chi connectivity index (χ1) is 21.7. The molecule has 7 nitrogen and oxygen atoms in total. The van der Waals surface area contributed by atoms with Crippen molar-refractivity contribution in [1.29, 1.82) is 5.26 Å². The second-order valence-corrected chi connectivity index (χ2v) is 17.2. The summed E-state index contributed by atoms with van der Waals surface area (Å²) < 4.78 is 8.58. The van der Waals surface area contributed by atoms with Gasteiger partial charge in [0, 0.05) is 16.7 Å². The molecule has 0 amide bonds. The van der Waals surface area contributed by atoms with Gasteiger partial charge >= 0.3 is 5.97 Å². The zero-order valence-corrected chi connectivity index (χ0v) is 28.9. The fourth-order valence-electron chi connectivity index (χ4n) is 12.2. The van der Waals surface area contributed by atoms with Gasteiger partial charge in [0.05, 0.1) is 30.8 Å². The number of carboxylic acid groups (broad SMARTS) is 1. The smallest absolute Gasteiger partial charge is 0.307 e. The Hall–Kier alpha value is -2.98. The Morgan fingerprint density at radius 3 is 2.57 bits per heavy atom. The normalized spacial score (nSPS) is 40.8. The van der Waals surface area contributed by atoms with Crippen LogP contribution in [0.5, 0.6) is 0 Å². The van der Waals surface area contributed by atoms with E-state index in [0.717, 1.165) is 50.2 Å². The third kappa shape index (κ3) is 4.14. The summed E-state index contributed by atoms with van der Waals surface area (Å²) in [6.07, 6.45) is 10.2. The first-order valence-corrected chi connectivity index (χ1v) is 17.7. The number of hydrogen-bond acceptors (Lipinski definition) is 5. The lowest BCUT2D eigenvalue weighted by molar-refractivity contribution is -0.207. The standard InChI is InChI=1S/C39H52N4O3/c1-24(2)25(3)36(5)16-17-37(6)28-12-13-30-35(4)14-9-15-39(30,22-46-21-35)31(28)29(19-38(37,7)32(36)34(44)45)43-23-41-33(42-43)27-11-8-10-26(18-27)20-40/h8,10-11,18,23-25,28,30,32H,9,12-17,19,21-22H2,1-7H3,(H,44,45)/t25-,28?,30?,32?,35?,36?,37?,38?,39?/m1/s1. The monoisotopic (exact) mass is 624 g/mol. The van der Waals surface area contributed by atoms with Crippen molar-refractivity contribution < 1.29 is 14.6 Å². The van der Waals surface area contributed by atoms with E-state index in [1.54, 1.807) is 6.07 Å². The lowest BCUT2D eigenvalue weighted by Crippen LogP contribution is -2.66. The molecule has 0 radical (unpaired) electrons. The third-order valence-corrected chi connectivity index (χ3v) is 15.0. The number of aromatic nitrogens is 3. The molecule has 46 heavy (non-hydrogen) atoms.